The highest BCUT2D eigenvalue weighted by atomic mass is 15.2. The summed E-state index contributed by atoms with van der Waals surface area (Å²) in [5, 5.41) is 5.05. The predicted octanol–water partition coefficient (Wildman–Crippen LogP) is 15.8. The molecule has 0 radical (unpaired) electrons. The third-order valence-corrected chi connectivity index (χ3v) is 18.8. The first-order valence-electron chi connectivity index (χ1n) is 29.3. The van der Waals surface area contributed by atoms with E-state index >= 15 is 0 Å². The van der Waals surface area contributed by atoms with E-state index in [1.54, 1.807) is 0 Å². The van der Waals surface area contributed by atoms with Crippen LogP contribution < -0.4 is 42.6 Å². The lowest BCUT2D eigenvalue weighted by atomic mass is 9.31. The van der Waals surface area contributed by atoms with E-state index in [0.717, 1.165) is 11.4 Å². The third kappa shape index (κ3) is 6.13. The molecule has 0 spiro atoms. The standard InChI is InChI=1S/C78H48B2N4/c1-7-25-49(26-8-1)55-37-23-43-67-71(55)59-45-57(51-29-11-3-12-30-51)75-73-77(59)83(67)69-47-64-70(48-63(69)79(73)61-39-19-21-41-65(61)81(75)53-33-15-5-16-34-53)84-68-44-24-38-56(50-27-9-2-10-28-50)72(68)60-46-58(52-31-13-4-14-32-52)76-74(78(60)84)80(64)62-40-20-22-42-66(62)82(76)54-35-17-6-18-36-54/h1-48H. The molecule has 0 fully saturated rings. The molecular weight excluding hydrogens is 1010 g/mol. The average molecular weight is 1060 g/mol. The Balaban J connectivity index is 1.02. The van der Waals surface area contributed by atoms with Crippen LogP contribution in [0.3, 0.4) is 0 Å². The lowest BCUT2D eigenvalue weighted by molar-refractivity contribution is 1.16. The van der Waals surface area contributed by atoms with Gasteiger partial charge in [-0.05, 0) is 139 Å². The number of nitrogens with zero attached hydrogens (tertiary/aromatic N) is 4. The molecule has 15 aromatic rings. The lowest BCUT2D eigenvalue weighted by Gasteiger charge is -2.43. The van der Waals surface area contributed by atoms with Crippen LogP contribution in [0.4, 0.5) is 34.1 Å². The van der Waals surface area contributed by atoms with Crippen LogP contribution in [0.1, 0.15) is 0 Å². The van der Waals surface area contributed by atoms with Gasteiger partial charge in [0.25, 0.3) is 13.4 Å². The smallest absolute Gasteiger partial charge is 0.252 e. The number of benzene rings is 13. The Morgan fingerprint density at radius 1 is 0.250 bits per heavy atom. The molecular formula is C78H48B2N4. The monoisotopic (exact) mass is 1060 g/mol. The van der Waals surface area contributed by atoms with Crippen molar-refractivity contribution in [3.8, 4) is 55.9 Å². The van der Waals surface area contributed by atoms with Crippen LogP contribution in [-0.4, -0.2) is 22.6 Å². The molecule has 6 heteroatoms. The fraction of sp³-hybridized carbons (Fsp3) is 0. The highest BCUT2D eigenvalue weighted by molar-refractivity contribution is 7.02. The number of fused-ring (bicyclic) bond motifs is 16. The van der Waals surface area contributed by atoms with E-state index in [0.29, 0.717) is 0 Å². The first-order valence-corrected chi connectivity index (χ1v) is 29.3. The van der Waals surface area contributed by atoms with Crippen molar-refractivity contribution < 1.29 is 0 Å². The molecule has 6 heterocycles. The van der Waals surface area contributed by atoms with Crippen LogP contribution in [0, 0.1) is 0 Å². The SMILES string of the molecule is c1ccc(-c2cc3c4c(-c5ccccc5)cccc4n4c3c3c2N(c2ccccc2)c2ccccc2B3c2cc3c(cc2-4)B2c4ccccc4N(c4ccccc4)c4c(-c5ccccc5)cc5c6c(-c7ccccc7)cccc6n-3c5c42)cc1. The number of anilines is 6. The maximum Gasteiger partial charge on any atom is 0.252 e. The van der Waals surface area contributed by atoms with Gasteiger partial charge in [-0.25, -0.2) is 0 Å². The van der Waals surface area contributed by atoms with E-state index in [-0.39, 0.29) is 13.4 Å². The molecule has 0 saturated carbocycles. The van der Waals surface area contributed by atoms with Crippen LogP contribution in [-0.2, 0) is 0 Å². The van der Waals surface area contributed by atoms with E-state index in [9.17, 15) is 0 Å². The average Bonchev–Trinajstić information content (AvgIpc) is 2.39. The molecule has 4 aliphatic heterocycles. The number of rotatable bonds is 6. The highest BCUT2D eigenvalue weighted by Crippen LogP contribution is 2.52. The Morgan fingerprint density at radius 2 is 0.583 bits per heavy atom. The minimum absolute atomic E-state index is 0.124. The number of hydrogen-bond donors (Lipinski definition) is 0. The van der Waals surface area contributed by atoms with Crippen molar-refractivity contribution in [2.45, 2.75) is 0 Å². The quantitative estimate of drug-likeness (QED) is 0.154. The van der Waals surface area contributed by atoms with Gasteiger partial charge in [0, 0.05) is 66.8 Å². The second-order valence-corrected chi connectivity index (χ2v) is 23.0. The van der Waals surface area contributed by atoms with E-state index in [4.69, 9.17) is 0 Å². The van der Waals surface area contributed by atoms with Crippen LogP contribution in [0.25, 0.3) is 99.5 Å². The molecule has 0 saturated heterocycles. The van der Waals surface area contributed by atoms with Crippen molar-refractivity contribution >= 4 is 124 Å². The second-order valence-electron chi connectivity index (χ2n) is 23.0. The number of para-hydroxylation sites is 4. The zero-order valence-electron chi connectivity index (χ0n) is 45.7. The van der Waals surface area contributed by atoms with Crippen molar-refractivity contribution in [3.63, 3.8) is 0 Å². The molecule has 0 aliphatic carbocycles. The minimum Gasteiger partial charge on any atom is -0.311 e. The molecule has 386 valence electrons. The number of hydrogen-bond acceptors (Lipinski definition) is 2. The molecule has 4 nitrogen and oxygen atoms in total. The summed E-state index contributed by atoms with van der Waals surface area (Å²) in [5.74, 6) is 0. The van der Waals surface area contributed by atoms with E-state index < -0.39 is 0 Å². The fourth-order valence-electron chi connectivity index (χ4n) is 15.6. The van der Waals surface area contributed by atoms with Crippen molar-refractivity contribution in [1.29, 1.82) is 0 Å². The van der Waals surface area contributed by atoms with Gasteiger partial charge in [0.05, 0.1) is 33.4 Å². The third-order valence-electron chi connectivity index (χ3n) is 18.8. The van der Waals surface area contributed by atoms with Gasteiger partial charge in [-0.3, -0.25) is 0 Å². The maximum absolute atomic E-state index is 2.69. The summed E-state index contributed by atoms with van der Waals surface area (Å²) in [7, 11) is 0. The molecule has 4 aliphatic rings. The molecule has 0 unspecified atom stereocenters. The van der Waals surface area contributed by atoms with Gasteiger partial charge in [0.1, 0.15) is 0 Å². The normalized spacial score (nSPS) is 13.1. The van der Waals surface area contributed by atoms with Crippen LogP contribution in [0.2, 0.25) is 0 Å². The Bertz CT molecular complexity index is 4920. The first kappa shape index (κ1) is 45.9. The predicted molar refractivity (Wildman–Crippen MR) is 356 cm³/mol. The van der Waals surface area contributed by atoms with Crippen molar-refractivity contribution in [2.75, 3.05) is 9.80 Å². The van der Waals surface area contributed by atoms with Gasteiger partial charge in [-0.15, -0.1) is 0 Å². The minimum atomic E-state index is -0.124. The van der Waals surface area contributed by atoms with E-state index in [1.165, 1.54) is 155 Å². The summed E-state index contributed by atoms with van der Waals surface area (Å²) in [6.45, 7) is -0.247. The summed E-state index contributed by atoms with van der Waals surface area (Å²) in [5.41, 5.74) is 32.0. The molecule has 0 N–H and O–H groups in total. The summed E-state index contributed by atoms with van der Waals surface area (Å²) >= 11 is 0. The number of aromatic nitrogens is 2. The van der Waals surface area contributed by atoms with E-state index in [2.05, 4.69) is 310 Å². The second kappa shape index (κ2) is 17.4. The maximum atomic E-state index is 2.69. The van der Waals surface area contributed by atoms with Gasteiger partial charge >= 0.3 is 0 Å². The molecule has 84 heavy (non-hydrogen) atoms. The first-order chi connectivity index (χ1) is 41.8. The zero-order chi connectivity index (χ0) is 54.7. The summed E-state index contributed by atoms with van der Waals surface area (Å²) in [6.07, 6.45) is 0. The fourth-order valence-corrected chi connectivity index (χ4v) is 15.6. The summed E-state index contributed by atoms with van der Waals surface area (Å²) in [4.78, 5) is 5.14. The topological polar surface area (TPSA) is 16.3 Å². The van der Waals surface area contributed by atoms with Gasteiger partial charge in [0.2, 0.25) is 0 Å². The van der Waals surface area contributed by atoms with Crippen molar-refractivity contribution in [3.05, 3.63) is 291 Å². The zero-order valence-corrected chi connectivity index (χ0v) is 45.7. The molecule has 0 amide bonds. The van der Waals surface area contributed by atoms with Gasteiger partial charge < -0.3 is 18.9 Å². The van der Waals surface area contributed by atoms with Crippen LogP contribution in [0.5, 0.6) is 0 Å². The van der Waals surface area contributed by atoms with Gasteiger partial charge in [-0.1, -0.05) is 218 Å². The molecule has 2 aromatic heterocycles. The van der Waals surface area contributed by atoms with E-state index in [1.807, 2.05) is 0 Å². The van der Waals surface area contributed by atoms with Crippen molar-refractivity contribution in [1.82, 2.24) is 9.13 Å². The summed E-state index contributed by atoms with van der Waals surface area (Å²) in [6, 6.07) is 109. The lowest BCUT2D eigenvalue weighted by Crippen LogP contribution is -2.63. The Labute approximate surface area is 487 Å². The Morgan fingerprint density at radius 3 is 0.964 bits per heavy atom. The van der Waals surface area contributed by atoms with Crippen LogP contribution in [0.15, 0.2) is 291 Å². The Hall–Kier alpha value is -10.8. The molecule has 13 aromatic carbocycles. The van der Waals surface area contributed by atoms with Gasteiger partial charge in [0.15, 0.2) is 0 Å². The highest BCUT2D eigenvalue weighted by Gasteiger charge is 2.48. The van der Waals surface area contributed by atoms with Crippen molar-refractivity contribution in [2.24, 2.45) is 0 Å². The largest absolute Gasteiger partial charge is 0.311 e. The van der Waals surface area contributed by atoms with Crippen LogP contribution >= 0.6 is 0 Å². The molecule has 19 rings (SSSR count). The summed E-state index contributed by atoms with van der Waals surface area (Å²) < 4.78 is 5.37. The van der Waals surface area contributed by atoms with Gasteiger partial charge in [-0.2, -0.15) is 0 Å². The molecule has 0 atom stereocenters. The Kier molecular flexibility index (Phi) is 9.48. The molecule has 0 bridgehead atoms.